The highest BCUT2D eigenvalue weighted by Crippen LogP contribution is 2.38. The summed E-state index contributed by atoms with van der Waals surface area (Å²) in [6.45, 7) is 11.0. The van der Waals surface area contributed by atoms with Crippen molar-refractivity contribution in [1.29, 1.82) is 0 Å². The van der Waals surface area contributed by atoms with Crippen LogP contribution in [0.1, 0.15) is 72.6 Å². The van der Waals surface area contributed by atoms with Crippen molar-refractivity contribution in [2.75, 3.05) is 26.4 Å². The molecule has 1 fully saturated rings. The van der Waals surface area contributed by atoms with Crippen molar-refractivity contribution in [1.82, 2.24) is 0 Å². The number of rotatable bonds is 15. The summed E-state index contributed by atoms with van der Waals surface area (Å²) in [6.07, 6.45) is 6.84. The average molecular weight is 359 g/mol. The molecule has 0 saturated carbocycles. The highest BCUT2D eigenvalue weighted by atomic mass is 16.6. The Bertz CT molecular complexity index is 349. The van der Waals surface area contributed by atoms with Crippen LogP contribution in [0.3, 0.4) is 0 Å². The van der Waals surface area contributed by atoms with E-state index in [1.54, 1.807) is 0 Å². The molecule has 0 aliphatic carbocycles. The molecule has 1 unspecified atom stereocenters. The predicted molar refractivity (Wildman–Crippen MR) is 99.0 cm³/mol. The van der Waals surface area contributed by atoms with Gasteiger partial charge < -0.3 is 23.7 Å². The number of ether oxygens (including phenoxy) is 4. The lowest BCUT2D eigenvalue weighted by Crippen LogP contribution is -2.50. The molecule has 1 aliphatic rings. The van der Waals surface area contributed by atoms with Gasteiger partial charge >= 0.3 is 0 Å². The summed E-state index contributed by atoms with van der Waals surface area (Å²) in [4.78, 5) is 11.1. The molecule has 5 nitrogen and oxygen atoms in total. The molecular weight excluding hydrogens is 320 g/mol. The summed E-state index contributed by atoms with van der Waals surface area (Å²) in [7, 11) is 0. The number of hydrogen-bond donors (Lipinski definition) is 0. The Morgan fingerprint density at radius 2 is 1.64 bits per heavy atom. The van der Waals surface area contributed by atoms with Gasteiger partial charge in [0.1, 0.15) is 24.1 Å². The third kappa shape index (κ3) is 6.97. The first-order valence-electron chi connectivity index (χ1n) is 10.1. The van der Waals surface area contributed by atoms with Gasteiger partial charge in [0.15, 0.2) is 0 Å². The average Bonchev–Trinajstić information content (AvgIpc) is 2.85. The fourth-order valence-corrected chi connectivity index (χ4v) is 3.16. The molecule has 1 heterocycles. The smallest absolute Gasteiger partial charge is 0.122 e. The minimum Gasteiger partial charge on any atom is -0.379 e. The van der Waals surface area contributed by atoms with Gasteiger partial charge in [-0.25, -0.2) is 0 Å². The molecule has 0 aromatic rings. The van der Waals surface area contributed by atoms with Crippen LogP contribution in [0.15, 0.2) is 0 Å². The van der Waals surface area contributed by atoms with Crippen LogP contribution in [0, 0.1) is 0 Å². The van der Waals surface area contributed by atoms with Crippen LogP contribution in [0.4, 0.5) is 0 Å². The Kier molecular flexibility index (Phi) is 11.5. The van der Waals surface area contributed by atoms with Gasteiger partial charge in [-0.3, -0.25) is 0 Å². The van der Waals surface area contributed by atoms with Gasteiger partial charge in [0.25, 0.3) is 0 Å². The molecule has 4 atom stereocenters. The molecule has 5 heteroatoms. The van der Waals surface area contributed by atoms with E-state index in [2.05, 4.69) is 20.8 Å². The standard InChI is InChI=1S/C20H38O5/c1-5-8-13-22-16-17-19(23-14-9-6-2)20(4,24-15-10-7-3)18(25-17)11-12-21/h12,17-19H,5-11,13-16H2,1-4H3/t17-,18?,19-,20+/m1/s1. The molecule has 1 saturated heterocycles. The van der Waals surface area contributed by atoms with E-state index < -0.39 is 5.60 Å². The second-order valence-electron chi connectivity index (χ2n) is 7.02. The molecule has 0 bridgehead atoms. The van der Waals surface area contributed by atoms with E-state index in [0.717, 1.165) is 51.4 Å². The largest absolute Gasteiger partial charge is 0.379 e. The first-order valence-corrected chi connectivity index (χ1v) is 10.1. The quantitative estimate of drug-likeness (QED) is 0.328. The van der Waals surface area contributed by atoms with Crippen LogP contribution in [0.5, 0.6) is 0 Å². The fourth-order valence-electron chi connectivity index (χ4n) is 3.16. The zero-order valence-electron chi connectivity index (χ0n) is 16.6. The van der Waals surface area contributed by atoms with Gasteiger partial charge in [0.05, 0.1) is 12.7 Å². The van der Waals surface area contributed by atoms with Crippen molar-refractivity contribution >= 4 is 6.29 Å². The maximum atomic E-state index is 11.1. The van der Waals surface area contributed by atoms with E-state index in [-0.39, 0.29) is 18.3 Å². The zero-order valence-corrected chi connectivity index (χ0v) is 16.6. The number of carbonyl (C=O) groups excluding carboxylic acids is 1. The molecular formula is C20H38O5. The van der Waals surface area contributed by atoms with Crippen LogP contribution in [-0.4, -0.2) is 56.6 Å². The SMILES string of the molecule is CCCCOC[C@H]1OC(CC=O)[C@](C)(OCCCC)[C@@H]1OCCCC. The van der Waals surface area contributed by atoms with Crippen LogP contribution < -0.4 is 0 Å². The van der Waals surface area contributed by atoms with Crippen LogP contribution in [0.25, 0.3) is 0 Å². The van der Waals surface area contributed by atoms with E-state index in [0.29, 0.717) is 26.2 Å². The Morgan fingerprint density at radius 1 is 1.00 bits per heavy atom. The van der Waals surface area contributed by atoms with E-state index in [4.69, 9.17) is 18.9 Å². The minimum atomic E-state index is -0.609. The van der Waals surface area contributed by atoms with E-state index in [1.165, 1.54) is 0 Å². The Balaban J connectivity index is 2.80. The van der Waals surface area contributed by atoms with Gasteiger partial charge in [0, 0.05) is 26.2 Å². The Morgan fingerprint density at radius 3 is 2.28 bits per heavy atom. The predicted octanol–water partition coefficient (Wildman–Crippen LogP) is 3.92. The van der Waals surface area contributed by atoms with Crippen molar-refractivity contribution in [2.45, 2.75) is 96.6 Å². The summed E-state index contributed by atoms with van der Waals surface area (Å²) in [5, 5.41) is 0. The third-order valence-electron chi connectivity index (χ3n) is 4.82. The third-order valence-corrected chi connectivity index (χ3v) is 4.82. The van der Waals surface area contributed by atoms with E-state index >= 15 is 0 Å². The van der Waals surface area contributed by atoms with Crippen molar-refractivity contribution in [3.05, 3.63) is 0 Å². The lowest BCUT2D eigenvalue weighted by molar-refractivity contribution is -0.139. The fraction of sp³-hybridized carbons (Fsp3) is 0.950. The maximum Gasteiger partial charge on any atom is 0.122 e. The monoisotopic (exact) mass is 358 g/mol. The number of aldehydes is 1. The van der Waals surface area contributed by atoms with Crippen LogP contribution >= 0.6 is 0 Å². The summed E-state index contributed by atoms with van der Waals surface area (Å²) in [6, 6.07) is 0. The maximum absolute atomic E-state index is 11.1. The Hall–Kier alpha value is -0.490. The van der Waals surface area contributed by atoms with Crippen molar-refractivity contribution in [3.63, 3.8) is 0 Å². The number of carbonyl (C=O) groups is 1. The van der Waals surface area contributed by atoms with Crippen LogP contribution in [-0.2, 0) is 23.7 Å². The first-order chi connectivity index (χ1) is 12.1. The van der Waals surface area contributed by atoms with Gasteiger partial charge in [-0.2, -0.15) is 0 Å². The molecule has 1 rings (SSSR count). The minimum absolute atomic E-state index is 0.190. The summed E-state index contributed by atoms with van der Waals surface area (Å²) >= 11 is 0. The lowest BCUT2D eigenvalue weighted by Gasteiger charge is -2.35. The molecule has 25 heavy (non-hydrogen) atoms. The normalized spacial score (nSPS) is 29.2. The summed E-state index contributed by atoms with van der Waals surface area (Å²) < 4.78 is 24.4. The van der Waals surface area contributed by atoms with Gasteiger partial charge in [-0.15, -0.1) is 0 Å². The van der Waals surface area contributed by atoms with Crippen molar-refractivity contribution in [2.24, 2.45) is 0 Å². The number of hydrogen-bond acceptors (Lipinski definition) is 5. The highest BCUT2D eigenvalue weighted by Gasteiger charge is 2.55. The van der Waals surface area contributed by atoms with Gasteiger partial charge in [0.2, 0.25) is 0 Å². The van der Waals surface area contributed by atoms with Crippen molar-refractivity contribution in [3.8, 4) is 0 Å². The topological polar surface area (TPSA) is 54.0 Å². The second kappa shape index (κ2) is 12.8. The Labute approximate surface area is 153 Å². The first kappa shape index (κ1) is 22.6. The molecule has 148 valence electrons. The van der Waals surface area contributed by atoms with Gasteiger partial charge in [-0.1, -0.05) is 40.0 Å². The van der Waals surface area contributed by atoms with Crippen LogP contribution in [0.2, 0.25) is 0 Å². The second-order valence-corrected chi connectivity index (χ2v) is 7.02. The zero-order chi connectivity index (χ0) is 18.5. The molecule has 0 radical (unpaired) electrons. The van der Waals surface area contributed by atoms with E-state index in [1.807, 2.05) is 6.92 Å². The van der Waals surface area contributed by atoms with E-state index in [9.17, 15) is 4.79 Å². The highest BCUT2D eigenvalue weighted by molar-refractivity contribution is 5.51. The molecule has 0 aromatic heterocycles. The number of unbranched alkanes of at least 4 members (excludes halogenated alkanes) is 3. The summed E-state index contributed by atoms with van der Waals surface area (Å²) in [5.41, 5.74) is -0.609. The molecule has 0 aromatic carbocycles. The molecule has 0 amide bonds. The summed E-state index contributed by atoms with van der Waals surface area (Å²) in [5.74, 6) is 0. The lowest BCUT2D eigenvalue weighted by atomic mass is 9.90. The molecule has 1 aliphatic heterocycles. The molecule has 0 spiro atoms. The molecule has 0 N–H and O–H groups in total. The van der Waals surface area contributed by atoms with Crippen molar-refractivity contribution < 1.29 is 23.7 Å². The van der Waals surface area contributed by atoms with Gasteiger partial charge in [-0.05, 0) is 26.2 Å².